The molecule has 0 unspecified atom stereocenters. The molecule has 1 fully saturated rings. The third-order valence-electron chi connectivity index (χ3n) is 3.62. The fourth-order valence-corrected chi connectivity index (χ4v) is 3.52. The van der Waals surface area contributed by atoms with Crippen LogP contribution in [0.4, 0.5) is 0 Å². The Morgan fingerprint density at radius 2 is 1.89 bits per heavy atom. The van der Waals surface area contributed by atoms with Crippen molar-refractivity contribution in [3.05, 3.63) is 29.8 Å². The SMILES string of the molecule is CN(C1CCC1)S(=O)(=O)c1ccc(CCN)cc1. The van der Waals surface area contributed by atoms with E-state index in [9.17, 15) is 8.42 Å². The van der Waals surface area contributed by atoms with E-state index in [0.29, 0.717) is 11.4 Å². The van der Waals surface area contributed by atoms with Crippen LogP contribution >= 0.6 is 0 Å². The minimum atomic E-state index is -3.33. The zero-order chi connectivity index (χ0) is 13.2. The molecule has 5 heteroatoms. The van der Waals surface area contributed by atoms with Crippen LogP contribution in [0.25, 0.3) is 0 Å². The first-order chi connectivity index (χ1) is 8.55. The Morgan fingerprint density at radius 3 is 2.33 bits per heavy atom. The Kier molecular flexibility index (Phi) is 4.04. The largest absolute Gasteiger partial charge is 0.330 e. The van der Waals surface area contributed by atoms with Gasteiger partial charge in [0.2, 0.25) is 10.0 Å². The van der Waals surface area contributed by atoms with Crippen molar-refractivity contribution in [3.63, 3.8) is 0 Å². The standard InChI is InChI=1S/C13H20N2O2S/c1-15(12-3-2-4-12)18(16,17)13-7-5-11(6-8-13)9-10-14/h5-8,12H,2-4,9-10,14H2,1H3. The summed E-state index contributed by atoms with van der Waals surface area (Å²) in [5.41, 5.74) is 6.54. The van der Waals surface area contributed by atoms with Gasteiger partial charge in [-0.15, -0.1) is 0 Å². The average Bonchev–Trinajstić information content (AvgIpc) is 2.28. The smallest absolute Gasteiger partial charge is 0.243 e. The lowest BCUT2D eigenvalue weighted by Crippen LogP contribution is -2.41. The van der Waals surface area contributed by atoms with E-state index in [2.05, 4.69) is 0 Å². The molecule has 4 nitrogen and oxygen atoms in total. The van der Waals surface area contributed by atoms with Crippen LogP contribution in [-0.2, 0) is 16.4 Å². The molecular weight excluding hydrogens is 248 g/mol. The summed E-state index contributed by atoms with van der Waals surface area (Å²) in [4.78, 5) is 0.373. The maximum atomic E-state index is 12.3. The summed E-state index contributed by atoms with van der Waals surface area (Å²) in [5.74, 6) is 0. The molecule has 0 aromatic heterocycles. The van der Waals surface area contributed by atoms with E-state index in [-0.39, 0.29) is 6.04 Å². The van der Waals surface area contributed by atoms with Crippen molar-refractivity contribution < 1.29 is 8.42 Å². The molecule has 0 aliphatic heterocycles. The van der Waals surface area contributed by atoms with Crippen LogP contribution < -0.4 is 5.73 Å². The summed E-state index contributed by atoms with van der Waals surface area (Å²) in [6.45, 7) is 0.577. The minimum Gasteiger partial charge on any atom is -0.330 e. The second-order valence-corrected chi connectivity index (χ2v) is 6.79. The fraction of sp³-hybridized carbons (Fsp3) is 0.538. The highest BCUT2D eigenvalue weighted by atomic mass is 32.2. The lowest BCUT2D eigenvalue weighted by Gasteiger charge is -2.33. The molecule has 1 aliphatic carbocycles. The van der Waals surface area contributed by atoms with E-state index in [1.165, 1.54) is 4.31 Å². The first kappa shape index (κ1) is 13.5. The highest BCUT2D eigenvalue weighted by Gasteiger charge is 2.31. The van der Waals surface area contributed by atoms with Crippen molar-refractivity contribution >= 4 is 10.0 Å². The van der Waals surface area contributed by atoms with Gasteiger partial charge in [0.25, 0.3) is 0 Å². The number of nitrogens with two attached hydrogens (primary N) is 1. The van der Waals surface area contributed by atoms with Crippen LogP contribution in [0, 0.1) is 0 Å². The fourth-order valence-electron chi connectivity index (χ4n) is 2.11. The molecule has 0 atom stereocenters. The van der Waals surface area contributed by atoms with Crippen LogP contribution in [0.15, 0.2) is 29.2 Å². The van der Waals surface area contributed by atoms with Gasteiger partial charge in [-0.05, 0) is 43.5 Å². The van der Waals surface area contributed by atoms with Gasteiger partial charge in [-0.3, -0.25) is 0 Å². The molecule has 0 amide bonds. The number of rotatable bonds is 5. The van der Waals surface area contributed by atoms with Crippen molar-refractivity contribution in [2.75, 3.05) is 13.6 Å². The average molecular weight is 268 g/mol. The van der Waals surface area contributed by atoms with Crippen molar-refractivity contribution in [1.82, 2.24) is 4.31 Å². The van der Waals surface area contributed by atoms with Gasteiger partial charge in [0.05, 0.1) is 4.90 Å². The maximum absolute atomic E-state index is 12.3. The summed E-state index contributed by atoms with van der Waals surface area (Å²) in [6, 6.07) is 7.21. The molecule has 1 aromatic carbocycles. The Morgan fingerprint density at radius 1 is 1.28 bits per heavy atom. The van der Waals surface area contributed by atoms with Crippen LogP contribution in [0.2, 0.25) is 0 Å². The van der Waals surface area contributed by atoms with E-state index in [1.807, 2.05) is 12.1 Å². The van der Waals surface area contributed by atoms with Gasteiger partial charge in [0.15, 0.2) is 0 Å². The van der Waals surface area contributed by atoms with Crippen molar-refractivity contribution in [2.24, 2.45) is 5.73 Å². The van der Waals surface area contributed by atoms with Crippen LogP contribution in [0.3, 0.4) is 0 Å². The predicted molar refractivity (Wildman–Crippen MR) is 71.8 cm³/mol. The first-order valence-electron chi connectivity index (χ1n) is 6.33. The number of hydrogen-bond acceptors (Lipinski definition) is 3. The van der Waals surface area contributed by atoms with E-state index in [4.69, 9.17) is 5.73 Å². The van der Waals surface area contributed by atoms with Gasteiger partial charge in [0.1, 0.15) is 0 Å². The Balaban J connectivity index is 2.18. The highest BCUT2D eigenvalue weighted by Crippen LogP contribution is 2.28. The molecule has 0 spiro atoms. The van der Waals surface area contributed by atoms with Crippen LogP contribution in [-0.4, -0.2) is 32.4 Å². The lowest BCUT2D eigenvalue weighted by molar-refractivity contribution is 0.249. The third kappa shape index (κ3) is 2.58. The van der Waals surface area contributed by atoms with E-state index in [1.54, 1.807) is 19.2 Å². The molecular formula is C13H20N2O2S. The molecule has 2 rings (SSSR count). The van der Waals surface area contributed by atoms with Crippen molar-refractivity contribution in [1.29, 1.82) is 0 Å². The molecule has 0 heterocycles. The van der Waals surface area contributed by atoms with Crippen LogP contribution in [0.1, 0.15) is 24.8 Å². The minimum absolute atomic E-state index is 0.179. The maximum Gasteiger partial charge on any atom is 0.243 e. The topological polar surface area (TPSA) is 63.4 Å². The Labute approximate surface area is 109 Å². The van der Waals surface area contributed by atoms with Gasteiger partial charge >= 0.3 is 0 Å². The summed E-state index contributed by atoms with van der Waals surface area (Å²) in [5, 5.41) is 0. The van der Waals surface area contributed by atoms with E-state index in [0.717, 1.165) is 31.2 Å². The zero-order valence-corrected chi connectivity index (χ0v) is 11.5. The molecule has 18 heavy (non-hydrogen) atoms. The molecule has 100 valence electrons. The van der Waals surface area contributed by atoms with Crippen molar-refractivity contribution in [2.45, 2.75) is 36.6 Å². The summed E-state index contributed by atoms with van der Waals surface area (Å²) < 4.78 is 26.2. The number of nitrogens with zero attached hydrogens (tertiary/aromatic N) is 1. The van der Waals surface area contributed by atoms with Crippen LogP contribution in [0.5, 0.6) is 0 Å². The number of sulfonamides is 1. The molecule has 2 N–H and O–H groups in total. The second-order valence-electron chi connectivity index (χ2n) is 4.79. The molecule has 1 aliphatic rings. The van der Waals surface area contributed by atoms with Crippen molar-refractivity contribution in [3.8, 4) is 0 Å². The normalized spacial score (nSPS) is 16.8. The molecule has 0 radical (unpaired) electrons. The van der Waals surface area contributed by atoms with E-state index < -0.39 is 10.0 Å². The Bertz CT molecular complexity index is 492. The Hall–Kier alpha value is -0.910. The van der Waals surface area contributed by atoms with Gasteiger partial charge in [-0.2, -0.15) is 4.31 Å². The molecule has 0 bridgehead atoms. The third-order valence-corrected chi connectivity index (χ3v) is 5.55. The van der Waals surface area contributed by atoms with Gasteiger partial charge in [-0.25, -0.2) is 8.42 Å². The lowest BCUT2D eigenvalue weighted by atomic mass is 9.94. The van der Waals surface area contributed by atoms with Gasteiger partial charge < -0.3 is 5.73 Å². The van der Waals surface area contributed by atoms with E-state index >= 15 is 0 Å². The zero-order valence-electron chi connectivity index (χ0n) is 10.7. The quantitative estimate of drug-likeness (QED) is 0.877. The second kappa shape index (κ2) is 5.38. The molecule has 1 saturated carbocycles. The summed E-state index contributed by atoms with van der Waals surface area (Å²) in [7, 11) is -1.66. The monoisotopic (exact) mass is 268 g/mol. The van der Waals surface area contributed by atoms with Gasteiger partial charge in [0, 0.05) is 13.1 Å². The predicted octanol–water partition coefficient (Wildman–Crippen LogP) is 1.36. The number of hydrogen-bond donors (Lipinski definition) is 1. The molecule has 1 aromatic rings. The number of benzene rings is 1. The first-order valence-corrected chi connectivity index (χ1v) is 7.77. The molecule has 0 saturated heterocycles. The highest BCUT2D eigenvalue weighted by molar-refractivity contribution is 7.89. The van der Waals surface area contributed by atoms with Gasteiger partial charge in [-0.1, -0.05) is 18.6 Å². The summed E-state index contributed by atoms with van der Waals surface area (Å²) in [6.07, 6.45) is 3.85. The summed E-state index contributed by atoms with van der Waals surface area (Å²) >= 11 is 0.